The normalized spacial score (nSPS) is 20.3. The fourth-order valence-corrected chi connectivity index (χ4v) is 4.00. The zero-order valence-corrected chi connectivity index (χ0v) is 16.3. The second kappa shape index (κ2) is 8.76. The van der Waals surface area contributed by atoms with Crippen LogP contribution in [-0.2, 0) is 0 Å². The number of benzene rings is 1. The van der Waals surface area contributed by atoms with E-state index in [1.54, 1.807) is 20.3 Å². The molecule has 1 aliphatic rings. The van der Waals surface area contributed by atoms with Crippen LogP contribution >= 0.6 is 22.6 Å². The minimum absolute atomic E-state index is 0.0104. The van der Waals surface area contributed by atoms with Gasteiger partial charge in [-0.15, -0.1) is 0 Å². The Morgan fingerprint density at radius 1 is 1.26 bits per heavy atom. The van der Waals surface area contributed by atoms with Crippen LogP contribution in [0.25, 0.3) is 0 Å². The van der Waals surface area contributed by atoms with Crippen LogP contribution in [0.5, 0.6) is 11.5 Å². The summed E-state index contributed by atoms with van der Waals surface area (Å²) in [5, 5.41) is 3.24. The second-order valence-corrected chi connectivity index (χ2v) is 7.26. The van der Waals surface area contributed by atoms with Gasteiger partial charge < -0.3 is 14.8 Å². The van der Waals surface area contributed by atoms with E-state index in [0.717, 1.165) is 9.99 Å². The van der Waals surface area contributed by atoms with Crippen LogP contribution in [0.2, 0.25) is 0 Å². The van der Waals surface area contributed by atoms with Crippen molar-refractivity contribution in [2.75, 3.05) is 14.2 Å². The molecule has 0 heterocycles. The molecule has 0 aromatic heterocycles. The molecule has 2 unspecified atom stereocenters. The van der Waals surface area contributed by atoms with Crippen molar-refractivity contribution >= 4 is 28.5 Å². The number of methoxy groups -OCH3 is 2. The zero-order valence-electron chi connectivity index (χ0n) is 14.2. The summed E-state index contributed by atoms with van der Waals surface area (Å²) >= 11 is 2.18. The number of nitrogens with one attached hydrogen (secondary N) is 1. The van der Waals surface area contributed by atoms with E-state index in [1.165, 1.54) is 32.1 Å². The summed E-state index contributed by atoms with van der Waals surface area (Å²) < 4.78 is 11.5. The van der Waals surface area contributed by atoms with Crippen molar-refractivity contribution in [1.29, 1.82) is 0 Å². The number of carbonyl (C=O) groups excluding carboxylic acids is 1. The average Bonchev–Trinajstić information content (AvgIpc) is 2.99. The van der Waals surface area contributed by atoms with Crippen molar-refractivity contribution in [3.05, 3.63) is 21.3 Å². The van der Waals surface area contributed by atoms with Gasteiger partial charge in [0.2, 0.25) is 0 Å². The highest BCUT2D eigenvalue weighted by molar-refractivity contribution is 14.1. The highest BCUT2D eigenvalue weighted by atomic mass is 127. The molecule has 0 aliphatic heterocycles. The van der Waals surface area contributed by atoms with Gasteiger partial charge in [0.25, 0.3) is 5.91 Å². The van der Waals surface area contributed by atoms with Gasteiger partial charge in [0, 0.05) is 9.61 Å². The lowest BCUT2D eigenvalue weighted by molar-refractivity contribution is 0.0925. The number of carbonyl (C=O) groups is 1. The van der Waals surface area contributed by atoms with Crippen LogP contribution in [0, 0.1) is 9.49 Å². The van der Waals surface area contributed by atoms with Gasteiger partial charge in [-0.05, 0) is 59.9 Å². The number of amides is 1. The van der Waals surface area contributed by atoms with Gasteiger partial charge in [-0.1, -0.05) is 26.2 Å². The quantitative estimate of drug-likeness (QED) is 0.652. The molecule has 2 atom stereocenters. The maximum absolute atomic E-state index is 12.7. The van der Waals surface area contributed by atoms with Crippen molar-refractivity contribution in [3.8, 4) is 11.5 Å². The summed E-state index contributed by atoms with van der Waals surface area (Å²) in [7, 11) is 3.19. The Hall–Kier alpha value is -0.980. The highest BCUT2D eigenvalue weighted by Crippen LogP contribution is 2.33. The number of hydrogen-bond donors (Lipinski definition) is 1. The molecule has 0 spiro atoms. The van der Waals surface area contributed by atoms with Gasteiger partial charge in [-0.2, -0.15) is 0 Å². The third-order valence-corrected chi connectivity index (χ3v) is 5.51. The lowest BCUT2D eigenvalue weighted by Crippen LogP contribution is -2.37. The van der Waals surface area contributed by atoms with Crippen LogP contribution in [0.4, 0.5) is 0 Å². The summed E-state index contributed by atoms with van der Waals surface area (Å²) in [4.78, 5) is 12.7. The van der Waals surface area contributed by atoms with Gasteiger partial charge in [0.1, 0.15) is 0 Å². The van der Waals surface area contributed by atoms with Crippen molar-refractivity contribution in [2.45, 2.75) is 51.5 Å². The minimum Gasteiger partial charge on any atom is -0.493 e. The molecule has 1 aromatic carbocycles. The molecular formula is C18H26INO3. The Kier molecular flexibility index (Phi) is 6.99. The molecule has 5 heteroatoms. The molecule has 1 N–H and O–H groups in total. The molecular weight excluding hydrogens is 405 g/mol. The number of unbranched alkanes of at least 4 members (excludes halogenated alkanes) is 1. The monoisotopic (exact) mass is 431 g/mol. The molecule has 128 valence electrons. The highest BCUT2D eigenvalue weighted by Gasteiger charge is 2.29. The largest absolute Gasteiger partial charge is 0.493 e. The van der Waals surface area contributed by atoms with Gasteiger partial charge >= 0.3 is 0 Å². The average molecular weight is 431 g/mol. The summed E-state index contributed by atoms with van der Waals surface area (Å²) in [6.45, 7) is 2.22. The molecule has 1 fully saturated rings. The Labute approximate surface area is 152 Å². The van der Waals surface area contributed by atoms with Crippen LogP contribution in [-0.4, -0.2) is 26.2 Å². The number of hydrogen-bond acceptors (Lipinski definition) is 3. The lowest BCUT2D eigenvalue weighted by Gasteiger charge is -2.21. The van der Waals surface area contributed by atoms with Gasteiger partial charge in [0.15, 0.2) is 11.5 Å². The molecule has 1 saturated carbocycles. The van der Waals surface area contributed by atoms with Crippen LogP contribution in [0.3, 0.4) is 0 Å². The van der Waals surface area contributed by atoms with E-state index in [-0.39, 0.29) is 5.91 Å². The molecule has 23 heavy (non-hydrogen) atoms. The van der Waals surface area contributed by atoms with Crippen LogP contribution in [0.15, 0.2) is 12.1 Å². The summed E-state index contributed by atoms with van der Waals surface area (Å²) in [5.74, 6) is 1.85. The second-order valence-electron chi connectivity index (χ2n) is 6.10. The first kappa shape index (κ1) is 18.4. The number of rotatable bonds is 7. The minimum atomic E-state index is -0.0104. The molecule has 0 radical (unpaired) electrons. The standard InChI is InChI=1S/C18H26INO3/c1-4-5-7-12-8-6-9-15(12)20-18(21)13-10-16(22-2)17(23-3)11-14(13)19/h10-12,15H,4-9H2,1-3H3,(H,20,21). The van der Waals surface area contributed by atoms with E-state index in [2.05, 4.69) is 34.8 Å². The Bertz CT molecular complexity index is 547. The lowest BCUT2D eigenvalue weighted by atomic mass is 9.96. The predicted molar refractivity (Wildman–Crippen MR) is 100 cm³/mol. The molecule has 0 bridgehead atoms. The van der Waals surface area contributed by atoms with E-state index >= 15 is 0 Å². The van der Waals surface area contributed by atoms with Crippen molar-refractivity contribution < 1.29 is 14.3 Å². The fraction of sp³-hybridized carbons (Fsp3) is 0.611. The smallest absolute Gasteiger partial charge is 0.252 e. The maximum atomic E-state index is 12.7. The van der Waals surface area contributed by atoms with Crippen molar-refractivity contribution in [1.82, 2.24) is 5.32 Å². The van der Waals surface area contributed by atoms with Gasteiger partial charge in [-0.25, -0.2) is 0 Å². The topological polar surface area (TPSA) is 47.6 Å². The Morgan fingerprint density at radius 3 is 2.61 bits per heavy atom. The molecule has 2 rings (SSSR count). The molecule has 0 saturated heterocycles. The molecule has 1 aliphatic carbocycles. The first-order valence-electron chi connectivity index (χ1n) is 8.33. The summed E-state index contributed by atoms with van der Waals surface area (Å²) in [6, 6.07) is 3.92. The number of ether oxygens (including phenoxy) is 2. The van der Waals surface area contributed by atoms with E-state index in [1.807, 2.05) is 6.07 Å². The summed E-state index contributed by atoms with van der Waals surface area (Å²) in [5.41, 5.74) is 0.657. The van der Waals surface area contributed by atoms with E-state index in [9.17, 15) is 4.79 Å². The van der Waals surface area contributed by atoms with Gasteiger partial charge in [0.05, 0.1) is 19.8 Å². The van der Waals surface area contributed by atoms with E-state index in [4.69, 9.17) is 9.47 Å². The molecule has 1 amide bonds. The Morgan fingerprint density at radius 2 is 1.96 bits per heavy atom. The third kappa shape index (κ3) is 4.52. The maximum Gasteiger partial charge on any atom is 0.252 e. The first-order chi connectivity index (χ1) is 11.1. The van der Waals surface area contributed by atoms with Crippen LogP contribution < -0.4 is 14.8 Å². The van der Waals surface area contributed by atoms with Crippen LogP contribution in [0.1, 0.15) is 55.8 Å². The third-order valence-electron chi connectivity index (χ3n) is 4.62. The fourth-order valence-electron chi connectivity index (χ4n) is 3.31. The SMILES string of the molecule is CCCCC1CCCC1NC(=O)c1cc(OC)c(OC)cc1I. The first-order valence-corrected chi connectivity index (χ1v) is 9.41. The summed E-state index contributed by atoms with van der Waals surface area (Å²) in [6.07, 6.45) is 7.19. The predicted octanol–water partition coefficient (Wildman–Crippen LogP) is 4.40. The van der Waals surface area contributed by atoms with E-state index < -0.39 is 0 Å². The zero-order chi connectivity index (χ0) is 16.8. The molecule has 4 nitrogen and oxygen atoms in total. The number of halogens is 1. The Balaban J connectivity index is 2.11. The van der Waals surface area contributed by atoms with Gasteiger partial charge in [-0.3, -0.25) is 4.79 Å². The molecule has 1 aromatic rings. The van der Waals surface area contributed by atoms with Crippen molar-refractivity contribution in [3.63, 3.8) is 0 Å². The van der Waals surface area contributed by atoms with E-state index in [0.29, 0.717) is 29.0 Å². The van der Waals surface area contributed by atoms with Crippen molar-refractivity contribution in [2.24, 2.45) is 5.92 Å².